The summed E-state index contributed by atoms with van der Waals surface area (Å²) < 4.78 is 1.08. The van der Waals surface area contributed by atoms with Gasteiger partial charge in [0.1, 0.15) is 0 Å². The third-order valence-electron chi connectivity index (χ3n) is 14.9. The summed E-state index contributed by atoms with van der Waals surface area (Å²) >= 11 is 7.16. The molecule has 0 saturated carbocycles. The van der Waals surface area contributed by atoms with Crippen molar-refractivity contribution in [3.63, 3.8) is 0 Å². The Balaban J connectivity index is 2.08. The van der Waals surface area contributed by atoms with E-state index in [9.17, 15) is 0 Å². The minimum absolute atomic E-state index is 0.487. The Morgan fingerprint density at radius 2 is 1.50 bits per heavy atom. The first-order valence-electron chi connectivity index (χ1n) is 5.87. The van der Waals surface area contributed by atoms with Crippen LogP contribution in [0.25, 0.3) is 0 Å². The summed E-state index contributed by atoms with van der Waals surface area (Å²) in [6, 6.07) is 0. The zero-order valence-electron chi connectivity index (χ0n) is 7.43. The van der Waals surface area contributed by atoms with E-state index in [-0.39, 0.29) is 0 Å². The van der Waals surface area contributed by atoms with Crippen LogP contribution in [0.5, 0.6) is 0 Å². The molecule has 10 aliphatic rings. The Hall–Kier alpha value is 0.369. The Bertz CT molecular complexity index is 990. The summed E-state index contributed by atoms with van der Waals surface area (Å²) in [5.41, 5.74) is 0. The van der Waals surface area contributed by atoms with E-state index < -0.39 is 6.51 Å². The van der Waals surface area contributed by atoms with E-state index in [2.05, 4.69) is 5.92 Å². The molecule has 0 amide bonds. The summed E-state index contributed by atoms with van der Waals surface area (Å²) in [5.74, 6) is 3.39. The maximum atomic E-state index is 7.16. The van der Waals surface area contributed by atoms with Crippen LogP contribution in [0.3, 0.4) is 0 Å². The van der Waals surface area contributed by atoms with E-state index >= 15 is 0 Å². The van der Waals surface area contributed by atoms with E-state index in [1.165, 1.54) is 19.3 Å². The molecule has 0 nitrogen and oxygen atoms in total. The van der Waals surface area contributed by atoms with Crippen molar-refractivity contribution in [1.82, 2.24) is 0 Å². The molecule has 0 N–H and O–H groups in total. The number of fused-ring (bicyclic) bond motifs is 10. The van der Waals surface area contributed by atoms with Crippen LogP contribution in [0.15, 0.2) is 0 Å². The van der Waals surface area contributed by atoms with E-state index in [1.807, 2.05) is 0 Å². The van der Waals surface area contributed by atoms with Gasteiger partial charge in [-0.2, -0.15) is 0 Å². The van der Waals surface area contributed by atoms with Crippen molar-refractivity contribution >= 4 is 11.6 Å². The molecule has 8 atom stereocenters. The molecular formula is C12H9ClFe. The van der Waals surface area contributed by atoms with Gasteiger partial charge in [-0.05, 0) is 0 Å². The summed E-state index contributed by atoms with van der Waals surface area (Å²) in [5, 5.41) is 0. The molecule has 1 spiro atoms. The molecule has 0 aromatic carbocycles. The van der Waals surface area contributed by atoms with Crippen LogP contribution in [0, 0.1) is 12.3 Å². The summed E-state index contributed by atoms with van der Waals surface area (Å²) in [6.45, 7) is -3.14. The molecule has 10 saturated heterocycles. The Kier molecular flexibility index (Phi) is 0.101. The normalized spacial score (nSPS) is 147. The molecule has 10 rings (SSSR count). The van der Waals surface area contributed by atoms with Crippen molar-refractivity contribution in [3.05, 3.63) is 0 Å². The number of rotatable bonds is 0. The topological polar surface area (TPSA) is 0 Å². The van der Waals surface area contributed by atoms with Gasteiger partial charge in [0.15, 0.2) is 0 Å². The van der Waals surface area contributed by atoms with Crippen molar-refractivity contribution in [1.29, 1.82) is 0 Å². The fourth-order valence-corrected chi connectivity index (χ4v) is 95.4. The van der Waals surface area contributed by atoms with E-state index in [0.717, 1.165) is 19.3 Å². The van der Waals surface area contributed by atoms with Crippen molar-refractivity contribution in [2.24, 2.45) is 0 Å². The Labute approximate surface area is 77.0 Å². The first-order valence-corrected chi connectivity index (χ1v) is 12.5. The van der Waals surface area contributed by atoms with Crippen LogP contribution in [-0.2, 0) is 6.51 Å². The quantitative estimate of drug-likeness (QED) is 0.347. The third kappa shape index (κ3) is 0.0304. The zero-order chi connectivity index (χ0) is 8.64. The molecular weight excluding hydrogens is 235 g/mol. The van der Waals surface area contributed by atoms with Crippen molar-refractivity contribution in [2.45, 2.75) is 46.6 Å². The van der Waals surface area contributed by atoms with Crippen molar-refractivity contribution in [3.8, 4) is 12.3 Å². The monoisotopic (exact) mass is 244 g/mol. The first-order chi connectivity index (χ1) is 6.49. The molecule has 0 aromatic heterocycles. The average molecular weight is 245 g/mol. The van der Waals surface area contributed by atoms with Crippen molar-refractivity contribution < 1.29 is 6.51 Å². The summed E-state index contributed by atoms with van der Waals surface area (Å²) in [4.78, 5) is 9.60. The first kappa shape index (κ1) is 4.70. The fourth-order valence-electron chi connectivity index (χ4n) is 16.6. The SMILES string of the molecule is C#C[C]12[CH]3[CH]4[CH]5[CH]1[Fe]45321678[CH]2[CH]1[CH]6[C]7(Cl)[CH]28. The Morgan fingerprint density at radius 3 is 1.57 bits per heavy atom. The number of hydrogen-bond acceptors (Lipinski definition) is 0. The second-order valence-electron chi connectivity index (χ2n) is 9.83. The summed E-state index contributed by atoms with van der Waals surface area (Å²) in [7, 11) is 0. The second kappa shape index (κ2) is 0.301. The third-order valence-corrected chi connectivity index (χ3v) is 60.5. The van der Waals surface area contributed by atoms with Crippen LogP contribution in [0.1, 0.15) is 0 Å². The predicted octanol–water partition coefficient (Wildman–Crippen LogP) is 3.53. The zero-order valence-corrected chi connectivity index (χ0v) is 9.29. The van der Waals surface area contributed by atoms with Gasteiger partial charge in [-0.25, -0.2) is 0 Å². The molecule has 0 radical (unpaired) electrons. The molecule has 10 heterocycles. The van der Waals surface area contributed by atoms with E-state index in [4.69, 9.17) is 18.0 Å². The van der Waals surface area contributed by atoms with Crippen LogP contribution in [-0.4, -0.2) is 3.77 Å². The van der Waals surface area contributed by atoms with Gasteiger partial charge in [0.05, 0.1) is 0 Å². The van der Waals surface area contributed by atoms with E-state index in [1.54, 1.807) is 0 Å². The van der Waals surface area contributed by atoms with Gasteiger partial charge in [-0.15, -0.1) is 0 Å². The van der Waals surface area contributed by atoms with Crippen molar-refractivity contribution in [2.75, 3.05) is 0 Å². The molecule has 14 heavy (non-hydrogen) atoms. The molecule has 72 valence electrons. The molecule has 10 aliphatic heterocycles. The number of halogens is 1. The number of terminal acetylenes is 1. The van der Waals surface area contributed by atoms with Gasteiger partial charge < -0.3 is 0 Å². The molecule has 0 aromatic rings. The summed E-state index contributed by atoms with van der Waals surface area (Å²) in [6.07, 6.45) is 5.99. The number of hydrogen-bond donors (Lipinski definition) is 0. The fraction of sp³-hybridized carbons (Fsp3) is 0.833. The van der Waals surface area contributed by atoms with Gasteiger partial charge in [0.25, 0.3) is 0 Å². The van der Waals surface area contributed by atoms with Crippen LogP contribution in [0.4, 0.5) is 0 Å². The molecule has 2 heteroatoms. The average Bonchev–Trinajstić information content (AvgIpc) is 3.10. The standard InChI is InChI=1S/C7H5.C5H4Cl.Fe/c1-2-7-5-3-4-6-7;6-5-3-1-2-4-5;/h1,3-6H;1-4H;. The van der Waals surface area contributed by atoms with Gasteiger partial charge in [-0.1, -0.05) is 0 Å². The number of alkyl halides is 1. The van der Waals surface area contributed by atoms with Gasteiger partial charge in [0.2, 0.25) is 0 Å². The van der Waals surface area contributed by atoms with Gasteiger partial charge >= 0.3 is 77.1 Å². The van der Waals surface area contributed by atoms with Gasteiger partial charge in [-0.3, -0.25) is 0 Å². The van der Waals surface area contributed by atoms with E-state index in [0.29, 0.717) is 8.09 Å². The molecule has 0 aliphatic carbocycles. The van der Waals surface area contributed by atoms with Gasteiger partial charge in [0, 0.05) is 0 Å². The van der Waals surface area contributed by atoms with Crippen LogP contribution in [0.2, 0.25) is 42.8 Å². The molecule has 8 unspecified atom stereocenters. The predicted molar refractivity (Wildman–Crippen MR) is 50.1 cm³/mol. The van der Waals surface area contributed by atoms with Crippen LogP contribution >= 0.6 is 11.6 Å². The minimum atomic E-state index is -3.14. The molecule has 10 fully saturated rings. The van der Waals surface area contributed by atoms with Crippen LogP contribution < -0.4 is 0 Å². The maximum absolute atomic E-state index is 7.16. The Morgan fingerprint density at radius 1 is 1.00 bits per heavy atom. The second-order valence-corrected chi connectivity index (χ2v) is 33.9. The molecule has 0 bridgehead atoms.